The topological polar surface area (TPSA) is 45.7 Å². The SMILES string of the molecule is CCOC(=O)C=C(CSc1nc2ccccc2s1)N1CCN(C(c2ccccc2)c2ccccc2)CC1. The average molecular weight is 530 g/mol. The van der Waals surface area contributed by atoms with E-state index in [2.05, 4.69) is 76.5 Å². The van der Waals surface area contributed by atoms with Crippen LogP contribution in [0.25, 0.3) is 10.2 Å². The van der Waals surface area contributed by atoms with Gasteiger partial charge in [-0.25, -0.2) is 9.78 Å². The second kappa shape index (κ2) is 12.4. The van der Waals surface area contributed by atoms with Crippen LogP contribution in [-0.4, -0.2) is 59.3 Å². The highest BCUT2D eigenvalue weighted by Crippen LogP contribution is 2.33. The van der Waals surface area contributed by atoms with E-state index < -0.39 is 0 Å². The first-order valence-electron chi connectivity index (χ1n) is 12.7. The Bertz CT molecular complexity index is 1260. The number of thioether (sulfide) groups is 1. The van der Waals surface area contributed by atoms with Crippen molar-refractivity contribution < 1.29 is 9.53 Å². The molecule has 0 atom stereocenters. The Balaban J connectivity index is 1.31. The third-order valence-electron chi connectivity index (χ3n) is 6.51. The van der Waals surface area contributed by atoms with E-state index in [1.54, 1.807) is 29.2 Å². The van der Waals surface area contributed by atoms with Gasteiger partial charge in [-0.2, -0.15) is 0 Å². The highest BCUT2D eigenvalue weighted by Gasteiger charge is 2.27. The first-order valence-corrected chi connectivity index (χ1v) is 14.5. The number of thiazole rings is 1. The number of fused-ring (bicyclic) bond motifs is 1. The number of nitrogens with zero attached hydrogens (tertiary/aromatic N) is 3. The molecular weight excluding hydrogens is 498 g/mol. The summed E-state index contributed by atoms with van der Waals surface area (Å²) >= 11 is 3.38. The fourth-order valence-corrected chi connectivity index (χ4v) is 6.82. The molecule has 1 aliphatic heterocycles. The molecule has 2 heterocycles. The van der Waals surface area contributed by atoms with Crippen LogP contribution >= 0.6 is 23.1 Å². The summed E-state index contributed by atoms with van der Waals surface area (Å²) in [5, 5.41) is 0. The molecule has 1 saturated heterocycles. The maximum Gasteiger partial charge on any atom is 0.332 e. The van der Waals surface area contributed by atoms with Gasteiger partial charge in [-0.15, -0.1) is 11.3 Å². The van der Waals surface area contributed by atoms with Crippen LogP contribution in [0.4, 0.5) is 0 Å². The van der Waals surface area contributed by atoms with Crippen molar-refractivity contribution in [3.63, 3.8) is 0 Å². The molecule has 5 nitrogen and oxygen atoms in total. The lowest BCUT2D eigenvalue weighted by molar-refractivity contribution is -0.137. The number of ether oxygens (including phenoxy) is 1. The Labute approximate surface area is 226 Å². The van der Waals surface area contributed by atoms with Crippen molar-refractivity contribution in [2.45, 2.75) is 17.3 Å². The third-order valence-corrected chi connectivity index (χ3v) is 8.72. The molecule has 190 valence electrons. The number of para-hydroxylation sites is 1. The number of carbonyl (C=O) groups is 1. The van der Waals surface area contributed by atoms with Crippen LogP contribution in [0.5, 0.6) is 0 Å². The maximum absolute atomic E-state index is 12.4. The van der Waals surface area contributed by atoms with Crippen molar-refractivity contribution in [2.75, 3.05) is 38.5 Å². The standard InChI is InChI=1S/C30H31N3O2S2/c1-2-35-28(34)21-25(22-36-30-31-26-15-9-10-16-27(26)37-30)32-17-19-33(20-18-32)29(23-11-5-3-6-12-23)24-13-7-4-8-14-24/h3-16,21,29H,2,17-20,22H2,1H3. The van der Waals surface area contributed by atoms with Gasteiger partial charge in [0.25, 0.3) is 0 Å². The summed E-state index contributed by atoms with van der Waals surface area (Å²) in [6.45, 7) is 5.72. The van der Waals surface area contributed by atoms with Gasteiger partial charge in [0.15, 0.2) is 4.34 Å². The minimum atomic E-state index is -0.281. The molecule has 0 amide bonds. The van der Waals surface area contributed by atoms with Gasteiger partial charge in [0, 0.05) is 43.7 Å². The molecule has 0 spiro atoms. The number of hydrogen-bond acceptors (Lipinski definition) is 7. The molecule has 0 unspecified atom stereocenters. The van der Waals surface area contributed by atoms with Crippen LogP contribution in [0.1, 0.15) is 24.1 Å². The first kappa shape index (κ1) is 25.5. The Hall–Kier alpha value is -3.13. The predicted octanol–water partition coefficient (Wildman–Crippen LogP) is 6.24. The van der Waals surface area contributed by atoms with Crippen molar-refractivity contribution in [3.8, 4) is 0 Å². The molecule has 0 N–H and O–H groups in total. The smallest absolute Gasteiger partial charge is 0.332 e. The van der Waals surface area contributed by atoms with E-state index in [0.717, 1.165) is 41.7 Å². The molecule has 37 heavy (non-hydrogen) atoms. The van der Waals surface area contributed by atoms with Gasteiger partial charge in [-0.05, 0) is 30.2 Å². The fraction of sp³-hybridized carbons (Fsp3) is 0.267. The highest BCUT2D eigenvalue weighted by atomic mass is 32.2. The summed E-state index contributed by atoms with van der Waals surface area (Å²) in [6, 6.07) is 29.8. The predicted molar refractivity (Wildman–Crippen MR) is 153 cm³/mol. The summed E-state index contributed by atoms with van der Waals surface area (Å²) in [5.41, 5.74) is 4.62. The minimum Gasteiger partial charge on any atom is -0.463 e. The van der Waals surface area contributed by atoms with Crippen LogP contribution in [0, 0.1) is 0 Å². The zero-order valence-corrected chi connectivity index (χ0v) is 22.6. The minimum absolute atomic E-state index is 0.208. The summed E-state index contributed by atoms with van der Waals surface area (Å²) in [6.07, 6.45) is 1.67. The maximum atomic E-state index is 12.4. The number of aromatic nitrogens is 1. The lowest BCUT2D eigenvalue weighted by Crippen LogP contribution is -2.47. The second-order valence-electron chi connectivity index (χ2n) is 8.87. The number of piperazine rings is 1. The molecular formula is C30H31N3O2S2. The first-order chi connectivity index (χ1) is 18.2. The summed E-state index contributed by atoms with van der Waals surface area (Å²) < 4.78 is 7.46. The number of benzene rings is 3. The third kappa shape index (κ3) is 6.42. The zero-order valence-electron chi connectivity index (χ0n) is 21.0. The van der Waals surface area contributed by atoms with Crippen molar-refractivity contribution in [3.05, 3.63) is 108 Å². The van der Waals surface area contributed by atoms with E-state index in [9.17, 15) is 4.79 Å². The quantitative estimate of drug-likeness (QED) is 0.145. The molecule has 4 aromatic rings. The summed E-state index contributed by atoms with van der Waals surface area (Å²) in [5.74, 6) is 0.399. The van der Waals surface area contributed by atoms with Crippen molar-refractivity contribution in [2.24, 2.45) is 0 Å². The molecule has 1 aromatic heterocycles. The zero-order chi connectivity index (χ0) is 25.5. The average Bonchev–Trinajstić information content (AvgIpc) is 3.36. The van der Waals surface area contributed by atoms with Crippen molar-refractivity contribution in [1.29, 1.82) is 0 Å². The van der Waals surface area contributed by atoms with Gasteiger partial charge in [0.2, 0.25) is 0 Å². The molecule has 0 aliphatic carbocycles. The van der Waals surface area contributed by atoms with Crippen LogP contribution in [0.15, 0.2) is 101 Å². The van der Waals surface area contributed by atoms with Gasteiger partial charge < -0.3 is 9.64 Å². The van der Waals surface area contributed by atoms with Crippen LogP contribution < -0.4 is 0 Å². The Morgan fingerprint density at radius 3 is 2.19 bits per heavy atom. The molecule has 1 fully saturated rings. The van der Waals surface area contributed by atoms with Gasteiger partial charge in [0.1, 0.15) is 0 Å². The van der Waals surface area contributed by atoms with E-state index in [1.165, 1.54) is 15.8 Å². The number of hydrogen-bond donors (Lipinski definition) is 0. The van der Waals surface area contributed by atoms with Crippen molar-refractivity contribution in [1.82, 2.24) is 14.8 Å². The Morgan fingerprint density at radius 2 is 1.57 bits per heavy atom. The fourth-order valence-electron chi connectivity index (χ4n) is 4.74. The van der Waals surface area contributed by atoms with Crippen LogP contribution in [0.3, 0.4) is 0 Å². The van der Waals surface area contributed by atoms with Gasteiger partial charge in [0.05, 0.1) is 22.9 Å². The highest BCUT2D eigenvalue weighted by molar-refractivity contribution is 8.01. The van der Waals surface area contributed by atoms with Gasteiger partial charge in [-0.3, -0.25) is 4.90 Å². The Kier molecular flexibility index (Phi) is 8.56. The van der Waals surface area contributed by atoms with E-state index in [0.29, 0.717) is 12.4 Å². The van der Waals surface area contributed by atoms with Crippen LogP contribution in [0.2, 0.25) is 0 Å². The molecule has 0 bridgehead atoms. The molecule has 0 radical (unpaired) electrons. The number of rotatable bonds is 9. The number of carbonyl (C=O) groups excluding carboxylic acids is 1. The second-order valence-corrected chi connectivity index (χ2v) is 11.1. The lowest BCUT2D eigenvalue weighted by Gasteiger charge is -2.41. The monoisotopic (exact) mass is 529 g/mol. The normalized spacial score (nSPS) is 14.9. The van der Waals surface area contributed by atoms with E-state index in [-0.39, 0.29) is 12.0 Å². The molecule has 1 aliphatic rings. The van der Waals surface area contributed by atoms with Gasteiger partial charge in [-0.1, -0.05) is 84.6 Å². The largest absolute Gasteiger partial charge is 0.463 e. The molecule has 7 heteroatoms. The van der Waals surface area contributed by atoms with Gasteiger partial charge >= 0.3 is 5.97 Å². The molecule has 0 saturated carbocycles. The summed E-state index contributed by atoms with van der Waals surface area (Å²) in [7, 11) is 0. The van der Waals surface area contributed by atoms with E-state index in [1.807, 2.05) is 25.1 Å². The summed E-state index contributed by atoms with van der Waals surface area (Å²) in [4.78, 5) is 22.1. The Morgan fingerprint density at radius 1 is 0.946 bits per heavy atom. The van der Waals surface area contributed by atoms with E-state index >= 15 is 0 Å². The molecule has 5 rings (SSSR count). The molecule has 3 aromatic carbocycles. The van der Waals surface area contributed by atoms with Crippen molar-refractivity contribution >= 4 is 39.3 Å². The number of esters is 1. The lowest BCUT2D eigenvalue weighted by atomic mass is 9.96. The van der Waals surface area contributed by atoms with Crippen LogP contribution in [-0.2, 0) is 9.53 Å². The van der Waals surface area contributed by atoms with E-state index in [4.69, 9.17) is 9.72 Å².